The Hall–Kier alpha value is -3.02. The topological polar surface area (TPSA) is 44.7 Å². The van der Waals surface area contributed by atoms with Crippen molar-refractivity contribution >= 4 is 45.5 Å². The van der Waals surface area contributed by atoms with Crippen molar-refractivity contribution < 1.29 is 18.1 Å². The Bertz CT molecular complexity index is 1430. The second-order valence-electron chi connectivity index (χ2n) is 9.31. The highest BCUT2D eigenvalue weighted by Gasteiger charge is 2.51. The average Bonchev–Trinajstić information content (AvgIpc) is 3.37. The van der Waals surface area contributed by atoms with E-state index in [2.05, 4.69) is 45.9 Å². The van der Waals surface area contributed by atoms with Gasteiger partial charge in [-0.1, -0.05) is 42.5 Å². The fourth-order valence-electron chi connectivity index (χ4n) is 4.20. The molecule has 0 spiro atoms. The summed E-state index contributed by atoms with van der Waals surface area (Å²) in [5.74, 6) is 0.852. The molecule has 0 atom stereocenters. The largest absolute Gasteiger partial charge is 0.494 e. The van der Waals surface area contributed by atoms with Crippen LogP contribution in [-0.2, 0) is 9.31 Å². The lowest BCUT2D eigenvalue weighted by atomic mass is 9.78. The van der Waals surface area contributed by atoms with Crippen molar-refractivity contribution in [3.63, 3.8) is 0 Å². The van der Waals surface area contributed by atoms with Gasteiger partial charge < -0.3 is 18.1 Å². The van der Waals surface area contributed by atoms with E-state index in [1.54, 1.807) is 0 Å². The van der Waals surface area contributed by atoms with Gasteiger partial charge in [-0.3, -0.25) is 0 Å². The molecule has 0 aliphatic carbocycles. The molecule has 0 radical (unpaired) electrons. The minimum atomic E-state index is -0.401. The van der Waals surface area contributed by atoms with Gasteiger partial charge in [0.25, 0.3) is 0 Å². The summed E-state index contributed by atoms with van der Waals surface area (Å²) < 4.78 is 24.7. The van der Waals surface area contributed by atoms with Crippen LogP contribution in [0, 0.1) is 0 Å². The van der Waals surface area contributed by atoms with E-state index in [0.29, 0.717) is 0 Å². The van der Waals surface area contributed by atoms with Gasteiger partial charge in [0.05, 0.1) is 11.2 Å². The fourth-order valence-corrected chi connectivity index (χ4v) is 4.20. The predicted molar refractivity (Wildman–Crippen MR) is 125 cm³/mol. The number of hydrogen-bond donors (Lipinski definition) is 0. The van der Waals surface area contributed by atoms with E-state index >= 15 is 0 Å². The highest BCUT2D eigenvalue weighted by Crippen LogP contribution is 2.38. The minimum absolute atomic E-state index is 0.373. The van der Waals surface area contributed by atoms with Crippen LogP contribution in [0.2, 0.25) is 0 Å². The summed E-state index contributed by atoms with van der Waals surface area (Å²) >= 11 is 0. The summed E-state index contributed by atoms with van der Waals surface area (Å²) in [4.78, 5) is 0. The molecule has 0 amide bonds. The van der Waals surface area contributed by atoms with Crippen LogP contribution in [0.3, 0.4) is 0 Å². The standard InChI is InChI=1S/C26H23BO4/c1-25(2)26(3,4)31-27(30-25)18-10-11-21-20(14-18)19-12-17-13-22(16-8-6-5-7-9-16)29-23(17)15-24(19)28-21/h5-15H,1-4H3. The molecule has 0 N–H and O–H groups in total. The third kappa shape index (κ3) is 2.84. The van der Waals surface area contributed by atoms with E-state index < -0.39 is 7.12 Å². The maximum Gasteiger partial charge on any atom is 0.494 e. The molecular formula is C26H23BO4. The quantitative estimate of drug-likeness (QED) is 0.321. The third-order valence-corrected chi connectivity index (χ3v) is 6.72. The molecule has 1 aliphatic rings. The zero-order valence-corrected chi connectivity index (χ0v) is 18.1. The summed E-state index contributed by atoms with van der Waals surface area (Å²) in [7, 11) is -0.401. The van der Waals surface area contributed by atoms with Gasteiger partial charge in [-0.25, -0.2) is 0 Å². The zero-order chi connectivity index (χ0) is 21.4. The molecule has 3 heterocycles. The average molecular weight is 410 g/mol. The van der Waals surface area contributed by atoms with Crippen molar-refractivity contribution in [2.45, 2.75) is 38.9 Å². The first-order valence-electron chi connectivity index (χ1n) is 10.6. The zero-order valence-electron chi connectivity index (χ0n) is 18.1. The first kappa shape index (κ1) is 18.7. The molecule has 4 nitrogen and oxygen atoms in total. The van der Waals surface area contributed by atoms with Crippen LogP contribution in [0.25, 0.3) is 44.2 Å². The van der Waals surface area contributed by atoms with E-state index in [0.717, 1.165) is 49.7 Å². The van der Waals surface area contributed by atoms with Gasteiger partial charge in [0.2, 0.25) is 0 Å². The number of fused-ring (bicyclic) bond motifs is 4. The van der Waals surface area contributed by atoms with E-state index in [1.807, 2.05) is 48.5 Å². The van der Waals surface area contributed by atoms with Gasteiger partial charge in [0.15, 0.2) is 0 Å². The molecule has 0 unspecified atom stereocenters. The van der Waals surface area contributed by atoms with Crippen LogP contribution < -0.4 is 5.46 Å². The molecule has 5 aromatic rings. The summed E-state index contributed by atoms with van der Waals surface area (Å²) in [6.45, 7) is 8.27. The van der Waals surface area contributed by atoms with Crippen molar-refractivity contribution in [1.29, 1.82) is 0 Å². The molecule has 3 aromatic carbocycles. The van der Waals surface area contributed by atoms with Crippen molar-refractivity contribution in [3.05, 3.63) is 66.7 Å². The Kier molecular flexibility index (Phi) is 3.78. The summed E-state index contributed by atoms with van der Waals surface area (Å²) in [6.07, 6.45) is 0. The predicted octanol–water partition coefficient (Wildman–Crippen LogP) is 6.30. The van der Waals surface area contributed by atoms with E-state index in [4.69, 9.17) is 18.1 Å². The molecule has 1 aliphatic heterocycles. The minimum Gasteiger partial charge on any atom is -0.456 e. The van der Waals surface area contributed by atoms with Crippen molar-refractivity contribution in [3.8, 4) is 11.3 Å². The van der Waals surface area contributed by atoms with E-state index in [1.165, 1.54) is 0 Å². The van der Waals surface area contributed by atoms with Crippen LogP contribution in [-0.4, -0.2) is 18.3 Å². The molecule has 2 aromatic heterocycles. The Balaban J connectivity index is 1.47. The number of rotatable bonds is 2. The van der Waals surface area contributed by atoms with Crippen LogP contribution in [0.5, 0.6) is 0 Å². The number of hydrogen-bond acceptors (Lipinski definition) is 4. The van der Waals surface area contributed by atoms with Crippen LogP contribution in [0.1, 0.15) is 27.7 Å². The molecule has 0 saturated carbocycles. The number of benzene rings is 3. The maximum atomic E-state index is 6.24. The molecule has 154 valence electrons. The molecule has 1 fully saturated rings. The van der Waals surface area contributed by atoms with Gasteiger partial charge in [-0.15, -0.1) is 0 Å². The lowest BCUT2D eigenvalue weighted by Crippen LogP contribution is -2.41. The van der Waals surface area contributed by atoms with Gasteiger partial charge in [-0.05, 0) is 51.4 Å². The molecule has 5 heteroatoms. The van der Waals surface area contributed by atoms with E-state index in [9.17, 15) is 0 Å². The Labute approximate surface area is 180 Å². The summed E-state index contributed by atoms with van der Waals surface area (Å²) in [6, 6.07) is 22.5. The van der Waals surface area contributed by atoms with Crippen molar-refractivity contribution in [2.24, 2.45) is 0 Å². The van der Waals surface area contributed by atoms with Crippen LogP contribution >= 0.6 is 0 Å². The lowest BCUT2D eigenvalue weighted by Gasteiger charge is -2.32. The first-order chi connectivity index (χ1) is 14.8. The lowest BCUT2D eigenvalue weighted by molar-refractivity contribution is 0.00578. The Morgan fingerprint density at radius 2 is 1.35 bits per heavy atom. The molecule has 1 saturated heterocycles. The maximum absolute atomic E-state index is 6.24. The van der Waals surface area contributed by atoms with Gasteiger partial charge in [0.1, 0.15) is 22.5 Å². The molecule has 31 heavy (non-hydrogen) atoms. The van der Waals surface area contributed by atoms with Gasteiger partial charge in [0, 0.05) is 27.8 Å². The Morgan fingerprint density at radius 3 is 2.10 bits per heavy atom. The third-order valence-electron chi connectivity index (χ3n) is 6.72. The summed E-state index contributed by atoms with van der Waals surface area (Å²) in [5.41, 5.74) is 3.77. The normalized spacial score (nSPS) is 17.9. The molecule has 6 rings (SSSR count). The highest BCUT2D eigenvalue weighted by atomic mass is 16.7. The second kappa shape index (κ2) is 6.25. The van der Waals surface area contributed by atoms with Crippen LogP contribution in [0.15, 0.2) is 75.6 Å². The monoisotopic (exact) mass is 410 g/mol. The van der Waals surface area contributed by atoms with Crippen LogP contribution in [0.4, 0.5) is 0 Å². The smallest absolute Gasteiger partial charge is 0.456 e. The van der Waals surface area contributed by atoms with E-state index in [-0.39, 0.29) is 11.2 Å². The first-order valence-corrected chi connectivity index (χ1v) is 10.6. The number of furan rings is 2. The SMILES string of the molecule is CC1(C)OB(c2ccc3oc4cc5oc(-c6ccccc6)cc5cc4c3c2)OC1(C)C. The van der Waals surface area contributed by atoms with Gasteiger partial charge in [-0.2, -0.15) is 0 Å². The highest BCUT2D eigenvalue weighted by molar-refractivity contribution is 6.62. The van der Waals surface area contributed by atoms with Crippen molar-refractivity contribution in [1.82, 2.24) is 0 Å². The Morgan fingerprint density at radius 1 is 0.645 bits per heavy atom. The van der Waals surface area contributed by atoms with Gasteiger partial charge >= 0.3 is 7.12 Å². The molecule has 0 bridgehead atoms. The molecular weight excluding hydrogens is 387 g/mol. The van der Waals surface area contributed by atoms with Crippen molar-refractivity contribution in [2.75, 3.05) is 0 Å². The summed E-state index contributed by atoms with van der Waals surface area (Å²) in [5, 5.41) is 3.16. The fraction of sp³-hybridized carbons (Fsp3) is 0.231. The second-order valence-corrected chi connectivity index (χ2v) is 9.31.